The maximum Gasteiger partial charge on any atom is 0.254 e. The van der Waals surface area contributed by atoms with Crippen LogP contribution >= 0.6 is 11.3 Å². The highest BCUT2D eigenvalue weighted by atomic mass is 32.1. The number of benzene rings is 1. The number of phenolic OH excluding ortho intramolecular Hbond substituents is 1. The molecule has 5 nitrogen and oxygen atoms in total. The van der Waals surface area contributed by atoms with Crippen molar-refractivity contribution in [1.29, 1.82) is 0 Å². The van der Waals surface area contributed by atoms with E-state index in [2.05, 4.69) is 11.9 Å². The first-order valence-corrected chi connectivity index (χ1v) is 9.47. The average molecular weight is 357 g/mol. The molecule has 0 radical (unpaired) electrons. The van der Waals surface area contributed by atoms with E-state index in [1.807, 2.05) is 34.8 Å². The molecule has 2 aliphatic rings. The zero-order chi connectivity index (χ0) is 17.8. The molecule has 0 spiro atoms. The molecule has 3 atom stereocenters. The lowest BCUT2D eigenvalue weighted by Gasteiger charge is -2.56. The molecule has 2 heterocycles. The second kappa shape index (κ2) is 5.83. The molecule has 1 amide bonds. The fraction of sp³-hybridized carbons (Fsp3) is 0.421. The minimum atomic E-state index is -0.649. The summed E-state index contributed by atoms with van der Waals surface area (Å²) in [5.41, 5.74) is 9.16. The monoisotopic (exact) mass is 357 g/mol. The number of rotatable bonds is 2. The predicted molar refractivity (Wildman–Crippen MR) is 98.9 cm³/mol. The maximum atomic E-state index is 13.0. The number of fused-ring (bicyclic) bond motifs is 4. The largest absolute Gasteiger partial charge is 0.508 e. The van der Waals surface area contributed by atoms with Gasteiger partial charge in [0, 0.05) is 25.0 Å². The zero-order valence-corrected chi connectivity index (χ0v) is 15.3. The third-order valence-corrected chi connectivity index (χ3v) is 6.55. The van der Waals surface area contributed by atoms with Crippen LogP contribution in [0, 0.1) is 0 Å². The van der Waals surface area contributed by atoms with Gasteiger partial charge in [-0.3, -0.25) is 4.79 Å². The molecule has 3 N–H and O–H groups in total. The van der Waals surface area contributed by atoms with Crippen molar-refractivity contribution in [2.75, 3.05) is 20.6 Å². The predicted octanol–water partition coefficient (Wildman–Crippen LogP) is 2.01. The Labute approximate surface area is 151 Å². The Hall–Kier alpha value is -1.89. The van der Waals surface area contributed by atoms with Crippen molar-refractivity contribution in [3.05, 3.63) is 51.7 Å². The Morgan fingerprint density at radius 2 is 2.24 bits per heavy atom. The Morgan fingerprint density at radius 1 is 1.44 bits per heavy atom. The molecule has 0 unspecified atom stereocenters. The Kier molecular flexibility index (Phi) is 3.86. The molecule has 132 valence electrons. The van der Waals surface area contributed by atoms with Gasteiger partial charge in [-0.15, -0.1) is 0 Å². The number of carbonyl (C=O) groups is 1. The standard InChI is InChI=1S/C19H23N3O2S/c1-21-7-6-19(20)15-10-14(23)4-3-12(15)9-16(21)17(19)22(2)18(24)13-5-8-25-11-13/h3-5,8,10-11,16-17,23H,6-7,9,20H2,1-2H3/t16-,17-,19-/m1/s1. The van der Waals surface area contributed by atoms with Crippen LogP contribution in [0.2, 0.25) is 0 Å². The van der Waals surface area contributed by atoms with Crippen LogP contribution in [0.1, 0.15) is 27.9 Å². The molecule has 2 bridgehead atoms. The minimum absolute atomic E-state index is 0.00461. The van der Waals surface area contributed by atoms with E-state index in [4.69, 9.17) is 5.73 Å². The summed E-state index contributed by atoms with van der Waals surface area (Å²) in [5.74, 6) is 0.233. The molecule has 1 aromatic heterocycles. The highest BCUT2D eigenvalue weighted by Crippen LogP contribution is 2.44. The van der Waals surface area contributed by atoms with Gasteiger partial charge < -0.3 is 20.6 Å². The van der Waals surface area contributed by atoms with Crippen LogP contribution in [0.15, 0.2) is 35.0 Å². The van der Waals surface area contributed by atoms with Gasteiger partial charge in [0.25, 0.3) is 5.91 Å². The van der Waals surface area contributed by atoms with Crippen LogP contribution in [-0.2, 0) is 12.0 Å². The molecule has 25 heavy (non-hydrogen) atoms. The molecule has 1 aliphatic heterocycles. The average Bonchev–Trinajstić information content (AvgIpc) is 3.12. The van der Waals surface area contributed by atoms with Gasteiger partial charge in [0.05, 0.1) is 17.1 Å². The van der Waals surface area contributed by atoms with Crippen molar-refractivity contribution in [2.24, 2.45) is 5.73 Å². The number of amides is 1. The van der Waals surface area contributed by atoms with Crippen LogP contribution in [0.4, 0.5) is 0 Å². The van der Waals surface area contributed by atoms with Gasteiger partial charge in [0.15, 0.2) is 0 Å². The highest BCUT2D eigenvalue weighted by Gasteiger charge is 2.53. The van der Waals surface area contributed by atoms with E-state index in [9.17, 15) is 9.90 Å². The van der Waals surface area contributed by atoms with Crippen LogP contribution in [0.3, 0.4) is 0 Å². The number of carbonyl (C=O) groups excluding carboxylic acids is 1. The Balaban J connectivity index is 1.80. The zero-order valence-electron chi connectivity index (χ0n) is 14.5. The summed E-state index contributed by atoms with van der Waals surface area (Å²) in [6.07, 6.45) is 1.58. The molecule has 2 aromatic rings. The van der Waals surface area contributed by atoms with E-state index in [0.29, 0.717) is 5.56 Å². The second-order valence-corrected chi connectivity index (χ2v) is 8.04. The van der Waals surface area contributed by atoms with Gasteiger partial charge in [0.2, 0.25) is 0 Å². The smallest absolute Gasteiger partial charge is 0.254 e. The van der Waals surface area contributed by atoms with E-state index >= 15 is 0 Å². The lowest BCUT2D eigenvalue weighted by atomic mass is 9.66. The molecular formula is C19H23N3O2S. The maximum absolute atomic E-state index is 13.0. The van der Waals surface area contributed by atoms with Gasteiger partial charge in [-0.1, -0.05) is 6.07 Å². The summed E-state index contributed by atoms with van der Waals surface area (Å²) in [7, 11) is 3.96. The summed E-state index contributed by atoms with van der Waals surface area (Å²) >= 11 is 1.52. The fourth-order valence-electron chi connectivity index (χ4n) is 4.54. The molecule has 1 aliphatic carbocycles. The number of thiophene rings is 1. The normalized spacial score (nSPS) is 28.4. The summed E-state index contributed by atoms with van der Waals surface area (Å²) in [5, 5.41) is 13.8. The van der Waals surface area contributed by atoms with Crippen LogP contribution < -0.4 is 5.73 Å². The van der Waals surface area contributed by atoms with Gasteiger partial charge in [-0.2, -0.15) is 11.3 Å². The summed E-state index contributed by atoms with van der Waals surface area (Å²) < 4.78 is 0. The summed E-state index contributed by atoms with van der Waals surface area (Å²) in [6.45, 7) is 0.882. The van der Waals surface area contributed by atoms with Gasteiger partial charge >= 0.3 is 0 Å². The molecule has 1 aromatic carbocycles. The van der Waals surface area contributed by atoms with Crippen LogP contribution in [0.5, 0.6) is 5.75 Å². The Bertz CT molecular complexity index is 807. The van der Waals surface area contributed by atoms with Gasteiger partial charge in [0.1, 0.15) is 5.75 Å². The van der Waals surface area contributed by atoms with Crippen molar-refractivity contribution >= 4 is 17.2 Å². The van der Waals surface area contributed by atoms with E-state index in [0.717, 1.165) is 24.9 Å². The first kappa shape index (κ1) is 16.6. The topological polar surface area (TPSA) is 69.8 Å². The quantitative estimate of drug-likeness (QED) is 0.863. The van der Waals surface area contributed by atoms with E-state index in [1.54, 1.807) is 12.1 Å². The number of phenols is 1. The van der Waals surface area contributed by atoms with Crippen molar-refractivity contribution < 1.29 is 9.90 Å². The van der Waals surface area contributed by atoms with Crippen molar-refractivity contribution in [2.45, 2.75) is 30.5 Å². The number of piperidine rings is 1. The third kappa shape index (κ3) is 2.47. The minimum Gasteiger partial charge on any atom is -0.508 e. The molecular weight excluding hydrogens is 334 g/mol. The number of hydrogen-bond donors (Lipinski definition) is 2. The van der Waals surface area contributed by atoms with Crippen molar-refractivity contribution in [1.82, 2.24) is 9.80 Å². The molecule has 0 saturated carbocycles. The molecule has 1 fully saturated rings. The SMILES string of the molecule is CN1CC[C@@]2(N)c3cc(O)ccc3C[C@@H]1[C@H]2N(C)C(=O)c1ccsc1. The van der Waals surface area contributed by atoms with Crippen LogP contribution in [0.25, 0.3) is 0 Å². The van der Waals surface area contributed by atoms with Crippen molar-refractivity contribution in [3.8, 4) is 5.75 Å². The number of likely N-dealkylation sites (tertiary alicyclic amines) is 1. The number of nitrogens with zero attached hydrogens (tertiary/aromatic N) is 2. The summed E-state index contributed by atoms with van der Waals surface area (Å²) in [4.78, 5) is 17.1. The lowest BCUT2D eigenvalue weighted by molar-refractivity contribution is 0.000986. The Morgan fingerprint density at radius 3 is 2.96 bits per heavy atom. The number of likely N-dealkylation sites (N-methyl/N-ethyl adjacent to an activating group) is 2. The molecule has 4 rings (SSSR count). The first-order chi connectivity index (χ1) is 11.9. The van der Waals surface area contributed by atoms with E-state index in [-0.39, 0.29) is 23.7 Å². The van der Waals surface area contributed by atoms with E-state index in [1.165, 1.54) is 16.9 Å². The highest BCUT2D eigenvalue weighted by molar-refractivity contribution is 7.08. The van der Waals surface area contributed by atoms with Gasteiger partial charge in [-0.05, 0) is 54.6 Å². The molecule has 6 heteroatoms. The summed E-state index contributed by atoms with van der Waals surface area (Å²) in [6, 6.07) is 7.37. The number of nitrogens with two attached hydrogens (primary N) is 1. The molecule has 1 saturated heterocycles. The van der Waals surface area contributed by atoms with E-state index < -0.39 is 5.54 Å². The van der Waals surface area contributed by atoms with Crippen molar-refractivity contribution in [3.63, 3.8) is 0 Å². The second-order valence-electron chi connectivity index (χ2n) is 7.26. The number of aromatic hydroxyl groups is 1. The van der Waals surface area contributed by atoms with Gasteiger partial charge in [-0.25, -0.2) is 0 Å². The number of hydrogen-bond acceptors (Lipinski definition) is 5. The third-order valence-electron chi connectivity index (χ3n) is 5.87. The first-order valence-electron chi connectivity index (χ1n) is 8.52. The lowest BCUT2D eigenvalue weighted by Crippen LogP contribution is -2.71. The van der Waals surface area contributed by atoms with Crippen LogP contribution in [-0.4, -0.2) is 53.5 Å². The fourth-order valence-corrected chi connectivity index (χ4v) is 5.17.